The lowest BCUT2D eigenvalue weighted by atomic mass is 9.93. The number of benzene rings is 1. The van der Waals surface area contributed by atoms with Crippen molar-refractivity contribution < 1.29 is 4.74 Å². The third-order valence-electron chi connectivity index (χ3n) is 4.19. The van der Waals surface area contributed by atoms with Crippen LogP contribution in [0.3, 0.4) is 0 Å². The van der Waals surface area contributed by atoms with Gasteiger partial charge in [-0.3, -0.25) is 4.90 Å². The highest BCUT2D eigenvalue weighted by Gasteiger charge is 2.32. The fourth-order valence-electron chi connectivity index (χ4n) is 3.18. The van der Waals surface area contributed by atoms with Gasteiger partial charge in [0.1, 0.15) is 5.75 Å². The minimum Gasteiger partial charge on any atom is -0.497 e. The maximum Gasteiger partial charge on any atom is 0.119 e. The highest BCUT2D eigenvalue weighted by atomic mass is 16.5. The zero-order valence-corrected chi connectivity index (χ0v) is 14.1. The molecule has 1 heterocycles. The van der Waals surface area contributed by atoms with Crippen LogP contribution in [0.2, 0.25) is 0 Å². The molecule has 1 fully saturated rings. The van der Waals surface area contributed by atoms with Crippen LogP contribution < -0.4 is 10.1 Å². The van der Waals surface area contributed by atoms with Gasteiger partial charge in [-0.1, -0.05) is 26.0 Å². The van der Waals surface area contributed by atoms with Crippen molar-refractivity contribution in [2.45, 2.75) is 52.2 Å². The second kappa shape index (κ2) is 6.80. The Morgan fingerprint density at radius 1 is 1.38 bits per heavy atom. The Hall–Kier alpha value is -1.06. The molecule has 3 nitrogen and oxygen atoms in total. The molecular formula is C18H30N2O. The van der Waals surface area contributed by atoms with Crippen molar-refractivity contribution in [1.29, 1.82) is 0 Å². The Morgan fingerprint density at radius 2 is 2.14 bits per heavy atom. The summed E-state index contributed by atoms with van der Waals surface area (Å²) in [5.41, 5.74) is 1.52. The summed E-state index contributed by atoms with van der Waals surface area (Å²) in [6.45, 7) is 12.4. The number of hydrogen-bond donors (Lipinski definition) is 1. The molecule has 0 bridgehead atoms. The normalized spacial score (nSPS) is 22.5. The van der Waals surface area contributed by atoms with E-state index in [0.29, 0.717) is 6.04 Å². The van der Waals surface area contributed by atoms with Crippen molar-refractivity contribution in [3.63, 3.8) is 0 Å². The first-order valence-corrected chi connectivity index (χ1v) is 8.01. The highest BCUT2D eigenvalue weighted by Crippen LogP contribution is 2.23. The molecule has 1 aliphatic heterocycles. The first-order chi connectivity index (χ1) is 9.89. The van der Waals surface area contributed by atoms with E-state index in [-0.39, 0.29) is 5.54 Å². The van der Waals surface area contributed by atoms with Crippen LogP contribution in [0.1, 0.15) is 39.7 Å². The molecule has 1 saturated heterocycles. The van der Waals surface area contributed by atoms with Gasteiger partial charge in [-0.25, -0.2) is 0 Å². The number of ether oxygens (including phenoxy) is 1. The maximum atomic E-state index is 5.35. The largest absolute Gasteiger partial charge is 0.497 e. The summed E-state index contributed by atoms with van der Waals surface area (Å²) in [7, 11) is 1.73. The molecular weight excluding hydrogens is 260 g/mol. The quantitative estimate of drug-likeness (QED) is 0.900. The molecule has 0 aliphatic carbocycles. The van der Waals surface area contributed by atoms with Crippen molar-refractivity contribution >= 4 is 0 Å². The molecule has 21 heavy (non-hydrogen) atoms. The summed E-state index contributed by atoms with van der Waals surface area (Å²) in [6, 6.07) is 9.06. The molecule has 1 N–H and O–H groups in total. The molecule has 0 aromatic heterocycles. The van der Waals surface area contributed by atoms with Gasteiger partial charge in [-0.2, -0.15) is 0 Å². The molecule has 2 rings (SSSR count). The van der Waals surface area contributed by atoms with Gasteiger partial charge in [-0.05, 0) is 43.9 Å². The molecule has 1 atom stereocenters. The second-order valence-electron chi connectivity index (χ2n) is 7.30. The van der Waals surface area contributed by atoms with E-state index in [9.17, 15) is 0 Å². The molecule has 1 aromatic rings. The number of hydrogen-bond acceptors (Lipinski definition) is 3. The number of nitrogens with one attached hydrogen (secondary N) is 1. The SMILES string of the molecule is COc1cccc(CN2CC(C)(C)NCC2CC(C)C)c1. The predicted molar refractivity (Wildman–Crippen MR) is 88.7 cm³/mol. The number of piperazine rings is 1. The van der Waals surface area contributed by atoms with Gasteiger partial charge in [0, 0.05) is 31.2 Å². The van der Waals surface area contributed by atoms with Gasteiger partial charge in [0.05, 0.1) is 7.11 Å². The Bertz CT molecular complexity index is 456. The Morgan fingerprint density at radius 3 is 2.81 bits per heavy atom. The molecule has 1 aliphatic rings. The first kappa shape index (κ1) is 16.3. The molecule has 0 radical (unpaired) electrons. The third-order valence-corrected chi connectivity index (χ3v) is 4.19. The number of methoxy groups -OCH3 is 1. The van der Waals surface area contributed by atoms with E-state index in [1.54, 1.807) is 7.11 Å². The average Bonchev–Trinajstić information content (AvgIpc) is 2.41. The van der Waals surface area contributed by atoms with Crippen molar-refractivity contribution in [3.05, 3.63) is 29.8 Å². The maximum absolute atomic E-state index is 5.35. The van der Waals surface area contributed by atoms with Crippen LogP contribution in [0.25, 0.3) is 0 Å². The minimum atomic E-state index is 0.187. The van der Waals surface area contributed by atoms with Gasteiger partial charge in [0.25, 0.3) is 0 Å². The average molecular weight is 290 g/mol. The zero-order chi connectivity index (χ0) is 15.5. The van der Waals surface area contributed by atoms with Crippen molar-refractivity contribution in [3.8, 4) is 5.75 Å². The van der Waals surface area contributed by atoms with E-state index in [0.717, 1.165) is 31.3 Å². The highest BCUT2D eigenvalue weighted by molar-refractivity contribution is 5.28. The van der Waals surface area contributed by atoms with Crippen LogP contribution in [-0.2, 0) is 6.54 Å². The number of nitrogens with zero attached hydrogens (tertiary/aromatic N) is 1. The Labute approximate surface area is 129 Å². The van der Waals surface area contributed by atoms with E-state index in [1.165, 1.54) is 12.0 Å². The monoisotopic (exact) mass is 290 g/mol. The van der Waals surface area contributed by atoms with E-state index in [2.05, 4.69) is 56.1 Å². The fourth-order valence-corrected chi connectivity index (χ4v) is 3.18. The molecule has 3 heteroatoms. The summed E-state index contributed by atoms with van der Waals surface area (Å²) in [5.74, 6) is 1.67. The molecule has 1 aromatic carbocycles. The molecule has 0 spiro atoms. The van der Waals surface area contributed by atoms with Gasteiger partial charge in [0.15, 0.2) is 0 Å². The zero-order valence-electron chi connectivity index (χ0n) is 14.1. The molecule has 0 saturated carbocycles. The van der Waals surface area contributed by atoms with Crippen LogP contribution >= 0.6 is 0 Å². The Kier molecular flexibility index (Phi) is 5.28. The topological polar surface area (TPSA) is 24.5 Å². The van der Waals surface area contributed by atoms with Crippen LogP contribution in [0.15, 0.2) is 24.3 Å². The number of rotatable bonds is 5. The Balaban J connectivity index is 2.11. The summed E-state index contributed by atoms with van der Waals surface area (Å²) in [6.07, 6.45) is 1.24. The van der Waals surface area contributed by atoms with Crippen LogP contribution in [-0.4, -0.2) is 36.7 Å². The van der Waals surface area contributed by atoms with Crippen molar-refractivity contribution in [2.24, 2.45) is 5.92 Å². The van der Waals surface area contributed by atoms with Crippen LogP contribution in [0.5, 0.6) is 5.75 Å². The van der Waals surface area contributed by atoms with Crippen LogP contribution in [0, 0.1) is 5.92 Å². The summed E-state index contributed by atoms with van der Waals surface area (Å²) in [5, 5.41) is 3.69. The lowest BCUT2D eigenvalue weighted by Crippen LogP contribution is -2.61. The first-order valence-electron chi connectivity index (χ1n) is 8.01. The van der Waals surface area contributed by atoms with E-state index < -0.39 is 0 Å². The van der Waals surface area contributed by atoms with E-state index >= 15 is 0 Å². The fraction of sp³-hybridized carbons (Fsp3) is 0.667. The van der Waals surface area contributed by atoms with Gasteiger partial charge >= 0.3 is 0 Å². The summed E-state index contributed by atoms with van der Waals surface area (Å²) >= 11 is 0. The molecule has 1 unspecified atom stereocenters. The summed E-state index contributed by atoms with van der Waals surface area (Å²) < 4.78 is 5.35. The minimum absolute atomic E-state index is 0.187. The second-order valence-corrected chi connectivity index (χ2v) is 7.30. The summed E-state index contributed by atoms with van der Waals surface area (Å²) in [4.78, 5) is 2.63. The van der Waals surface area contributed by atoms with Crippen LogP contribution in [0.4, 0.5) is 0 Å². The van der Waals surface area contributed by atoms with Crippen molar-refractivity contribution in [2.75, 3.05) is 20.2 Å². The van der Waals surface area contributed by atoms with E-state index in [1.807, 2.05) is 6.07 Å². The molecule has 118 valence electrons. The lowest BCUT2D eigenvalue weighted by Gasteiger charge is -2.45. The van der Waals surface area contributed by atoms with Gasteiger partial charge in [-0.15, -0.1) is 0 Å². The van der Waals surface area contributed by atoms with Gasteiger partial charge < -0.3 is 10.1 Å². The van der Waals surface area contributed by atoms with E-state index in [4.69, 9.17) is 4.74 Å². The lowest BCUT2D eigenvalue weighted by molar-refractivity contribution is 0.0759. The third kappa shape index (κ3) is 4.72. The molecule has 0 amide bonds. The predicted octanol–water partition coefficient (Wildman–Crippen LogP) is 3.29. The van der Waals surface area contributed by atoms with Crippen molar-refractivity contribution in [1.82, 2.24) is 10.2 Å². The van der Waals surface area contributed by atoms with Gasteiger partial charge in [0.2, 0.25) is 0 Å². The standard InChI is InChI=1S/C18H30N2O/c1-14(2)9-16-11-19-18(3,4)13-20(16)12-15-7-6-8-17(10-15)21-5/h6-8,10,14,16,19H,9,11-13H2,1-5H3. The smallest absolute Gasteiger partial charge is 0.119 e.